The lowest BCUT2D eigenvalue weighted by Crippen LogP contribution is -2.09. The Morgan fingerprint density at radius 1 is 1.58 bits per heavy atom. The molecule has 0 saturated carbocycles. The Morgan fingerprint density at radius 3 is 3.00 bits per heavy atom. The third-order valence-corrected chi connectivity index (χ3v) is 2.78. The van der Waals surface area contributed by atoms with Crippen LogP contribution in [-0.4, -0.2) is 39.6 Å². The molecule has 0 aliphatic heterocycles. The van der Waals surface area contributed by atoms with Crippen LogP contribution in [0.15, 0.2) is 24.4 Å². The van der Waals surface area contributed by atoms with Crippen molar-refractivity contribution in [2.45, 2.75) is 6.42 Å². The van der Waals surface area contributed by atoms with Crippen molar-refractivity contribution in [2.24, 2.45) is 0 Å². The van der Waals surface area contributed by atoms with Gasteiger partial charge in [-0.2, -0.15) is 5.10 Å². The summed E-state index contributed by atoms with van der Waals surface area (Å²) in [5.74, 6) is -0.789. The molecular weight excluding hydrogens is 270 g/mol. The van der Waals surface area contributed by atoms with E-state index in [0.717, 1.165) is 0 Å². The maximum Gasteiger partial charge on any atom is 0.354 e. The first-order valence-electron chi connectivity index (χ1n) is 5.55. The molecule has 1 N–H and O–H groups in total. The molecule has 6 nitrogen and oxygen atoms in total. The smallest absolute Gasteiger partial charge is 0.354 e. The first-order chi connectivity index (χ1) is 9.13. The quantitative estimate of drug-likeness (QED) is 0.904. The maximum absolute atomic E-state index is 11.2. The Balaban J connectivity index is 2.46. The number of halogens is 1. The van der Waals surface area contributed by atoms with E-state index in [1.54, 1.807) is 19.2 Å². The normalized spacial score (nSPS) is 10.6. The SMILES string of the molecule is COCCc1cc(C(=O)O)n(-c2ncccc2Cl)n1. The predicted molar refractivity (Wildman–Crippen MR) is 68.9 cm³/mol. The van der Waals surface area contributed by atoms with Gasteiger partial charge in [-0.15, -0.1) is 0 Å². The third-order valence-electron chi connectivity index (χ3n) is 2.48. The lowest BCUT2D eigenvalue weighted by atomic mass is 10.3. The largest absolute Gasteiger partial charge is 0.477 e. The summed E-state index contributed by atoms with van der Waals surface area (Å²) in [5, 5.41) is 13.7. The minimum absolute atomic E-state index is 0.0201. The fourth-order valence-electron chi connectivity index (χ4n) is 1.61. The summed E-state index contributed by atoms with van der Waals surface area (Å²) < 4.78 is 6.18. The second-order valence-electron chi connectivity index (χ2n) is 3.79. The van der Waals surface area contributed by atoms with Crippen molar-refractivity contribution in [1.29, 1.82) is 0 Å². The molecule has 0 spiro atoms. The van der Waals surface area contributed by atoms with Gasteiger partial charge in [0.1, 0.15) is 0 Å². The van der Waals surface area contributed by atoms with Crippen LogP contribution in [0.3, 0.4) is 0 Å². The van der Waals surface area contributed by atoms with Gasteiger partial charge in [-0.3, -0.25) is 0 Å². The molecule has 2 aromatic heterocycles. The number of ether oxygens (including phenoxy) is 1. The Morgan fingerprint density at radius 2 is 2.37 bits per heavy atom. The Kier molecular flexibility index (Phi) is 4.13. The van der Waals surface area contributed by atoms with Gasteiger partial charge in [0.15, 0.2) is 11.5 Å². The van der Waals surface area contributed by atoms with Gasteiger partial charge in [-0.05, 0) is 18.2 Å². The Hall–Kier alpha value is -1.92. The summed E-state index contributed by atoms with van der Waals surface area (Å²) in [6, 6.07) is 4.79. The van der Waals surface area contributed by atoms with Crippen molar-refractivity contribution in [2.75, 3.05) is 13.7 Å². The highest BCUT2D eigenvalue weighted by Crippen LogP contribution is 2.19. The van der Waals surface area contributed by atoms with E-state index in [9.17, 15) is 9.90 Å². The first kappa shape index (κ1) is 13.5. The van der Waals surface area contributed by atoms with E-state index < -0.39 is 5.97 Å². The van der Waals surface area contributed by atoms with Gasteiger partial charge in [0.05, 0.1) is 17.3 Å². The van der Waals surface area contributed by atoms with Crippen LogP contribution in [0, 0.1) is 0 Å². The van der Waals surface area contributed by atoms with Gasteiger partial charge < -0.3 is 9.84 Å². The van der Waals surface area contributed by atoms with Crippen molar-refractivity contribution in [3.63, 3.8) is 0 Å². The summed E-state index contributed by atoms with van der Waals surface area (Å²) in [6.45, 7) is 0.464. The molecule has 0 amide bonds. The van der Waals surface area contributed by atoms with Gasteiger partial charge in [0.25, 0.3) is 0 Å². The summed E-state index contributed by atoms with van der Waals surface area (Å²) in [7, 11) is 1.57. The summed E-state index contributed by atoms with van der Waals surface area (Å²) in [5.41, 5.74) is 0.632. The molecule has 0 atom stereocenters. The molecule has 0 bridgehead atoms. The standard InChI is InChI=1S/C12H12ClN3O3/c1-19-6-4-8-7-10(12(17)18)16(15-8)11-9(13)3-2-5-14-11/h2-3,5,7H,4,6H2,1H3,(H,17,18). The Labute approximate surface area is 114 Å². The number of methoxy groups -OCH3 is 1. The van der Waals surface area contributed by atoms with Crippen LogP contribution in [-0.2, 0) is 11.2 Å². The molecule has 0 saturated heterocycles. The van der Waals surface area contributed by atoms with Crippen LogP contribution in [0.2, 0.25) is 5.02 Å². The number of aromatic nitrogens is 3. The van der Waals surface area contributed by atoms with Gasteiger partial charge >= 0.3 is 5.97 Å². The molecule has 2 rings (SSSR count). The van der Waals surface area contributed by atoms with E-state index in [1.807, 2.05) is 0 Å². The first-order valence-corrected chi connectivity index (χ1v) is 5.93. The van der Waals surface area contributed by atoms with E-state index in [2.05, 4.69) is 10.1 Å². The third kappa shape index (κ3) is 2.91. The van der Waals surface area contributed by atoms with Crippen LogP contribution < -0.4 is 0 Å². The highest BCUT2D eigenvalue weighted by Gasteiger charge is 2.18. The number of nitrogens with zero attached hydrogens (tertiary/aromatic N) is 3. The zero-order valence-corrected chi connectivity index (χ0v) is 11.0. The van der Waals surface area contributed by atoms with E-state index in [4.69, 9.17) is 16.3 Å². The number of rotatable bonds is 5. The van der Waals surface area contributed by atoms with Gasteiger partial charge in [0, 0.05) is 19.7 Å². The lowest BCUT2D eigenvalue weighted by Gasteiger charge is -2.04. The van der Waals surface area contributed by atoms with Crippen LogP contribution in [0.25, 0.3) is 5.82 Å². The van der Waals surface area contributed by atoms with E-state index in [0.29, 0.717) is 29.6 Å². The number of hydrogen-bond acceptors (Lipinski definition) is 4. The minimum atomic E-state index is -1.09. The van der Waals surface area contributed by atoms with Crippen molar-refractivity contribution in [3.05, 3.63) is 40.8 Å². The average Bonchev–Trinajstić information content (AvgIpc) is 2.81. The molecule has 100 valence electrons. The Bertz CT molecular complexity index is 598. The fraction of sp³-hybridized carbons (Fsp3) is 0.250. The minimum Gasteiger partial charge on any atom is -0.477 e. The number of aromatic carboxylic acids is 1. The molecule has 0 unspecified atom stereocenters. The molecule has 0 radical (unpaired) electrons. The number of pyridine rings is 1. The van der Waals surface area contributed by atoms with Gasteiger partial charge in [0.2, 0.25) is 0 Å². The molecule has 0 fully saturated rings. The van der Waals surface area contributed by atoms with Gasteiger partial charge in [-0.1, -0.05) is 11.6 Å². The predicted octanol–water partition coefficient (Wildman–Crippen LogP) is 1.81. The molecule has 0 aliphatic rings. The van der Waals surface area contributed by atoms with Crippen molar-refractivity contribution < 1.29 is 14.6 Å². The number of carboxylic acid groups (broad SMARTS) is 1. The zero-order valence-electron chi connectivity index (χ0n) is 10.2. The molecular formula is C12H12ClN3O3. The summed E-state index contributed by atoms with van der Waals surface area (Å²) >= 11 is 6.01. The van der Waals surface area contributed by atoms with Crippen LogP contribution in [0.5, 0.6) is 0 Å². The molecule has 0 aliphatic carbocycles. The molecule has 7 heteroatoms. The highest BCUT2D eigenvalue weighted by atomic mass is 35.5. The van der Waals surface area contributed by atoms with E-state index in [-0.39, 0.29) is 5.69 Å². The van der Waals surface area contributed by atoms with Crippen molar-refractivity contribution >= 4 is 17.6 Å². The second kappa shape index (κ2) is 5.81. The topological polar surface area (TPSA) is 77.2 Å². The van der Waals surface area contributed by atoms with Crippen LogP contribution in [0.1, 0.15) is 16.2 Å². The highest BCUT2D eigenvalue weighted by molar-refractivity contribution is 6.32. The zero-order chi connectivity index (χ0) is 13.8. The lowest BCUT2D eigenvalue weighted by molar-refractivity contribution is 0.0687. The van der Waals surface area contributed by atoms with E-state index >= 15 is 0 Å². The number of carboxylic acids is 1. The van der Waals surface area contributed by atoms with Crippen LogP contribution >= 0.6 is 11.6 Å². The van der Waals surface area contributed by atoms with E-state index in [1.165, 1.54) is 16.9 Å². The van der Waals surface area contributed by atoms with Crippen molar-refractivity contribution in [3.8, 4) is 5.82 Å². The molecule has 2 heterocycles. The molecule has 2 aromatic rings. The molecule has 0 aromatic carbocycles. The molecule has 19 heavy (non-hydrogen) atoms. The second-order valence-corrected chi connectivity index (χ2v) is 4.20. The number of hydrogen-bond donors (Lipinski definition) is 1. The monoisotopic (exact) mass is 281 g/mol. The van der Waals surface area contributed by atoms with Gasteiger partial charge in [-0.25, -0.2) is 14.5 Å². The van der Waals surface area contributed by atoms with Crippen molar-refractivity contribution in [1.82, 2.24) is 14.8 Å². The summed E-state index contributed by atoms with van der Waals surface area (Å²) in [4.78, 5) is 15.3. The number of carbonyl (C=O) groups is 1. The summed E-state index contributed by atoms with van der Waals surface area (Å²) in [6.07, 6.45) is 2.05. The van der Waals surface area contributed by atoms with Crippen LogP contribution in [0.4, 0.5) is 0 Å². The fourth-order valence-corrected chi connectivity index (χ4v) is 1.81. The average molecular weight is 282 g/mol. The maximum atomic E-state index is 11.2.